The second-order valence-corrected chi connectivity index (χ2v) is 9.88. The van der Waals surface area contributed by atoms with E-state index in [0.717, 1.165) is 0 Å². The fraction of sp³-hybridized carbons (Fsp3) is 0.464. The number of nitrogens with zero attached hydrogens (tertiary/aromatic N) is 3. The lowest BCUT2D eigenvalue weighted by Crippen LogP contribution is -2.50. The number of benzene rings is 1. The Labute approximate surface area is 217 Å². The van der Waals surface area contributed by atoms with Gasteiger partial charge in [-0.3, -0.25) is 9.59 Å². The third-order valence-electron chi connectivity index (χ3n) is 6.45. The summed E-state index contributed by atoms with van der Waals surface area (Å²) in [6, 6.07) is 6.38. The Morgan fingerprint density at radius 3 is 2.73 bits per heavy atom. The first-order chi connectivity index (χ1) is 17.7. The van der Waals surface area contributed by atoms with Crippen LogP contribution in [0, 0.1) is 23.7 Å². The molecule has 0 fully saturated rings. The van der Waals surface area contributed by atoms with Crippen molar-refractivity contribution >= 4 is 11.8 Å². The van der Waals surface area contributed by atoms with Crippen LogP contribution < -0.4 is 14.2 Å². The highest BCUT2D eigenvalue weighted by Gasteiger charge is 2.35. The van der Waals surface area contributed by atoms with Gasteiger partial charge >= 0.3 is 0 Å². The minimum absolute atomic E-state index is 0.134. The number of aliphatic hydroxyl groups excluding tert-OH is 1. The Balaban J connectivity index is 1.62. The maximum Gasteiger partial charge on any atom is 0.259 e. The van der Waals surface area contributed by atoms with Crippen LogP contribution in [-0.4, -0.2) is 77.4 Å². The Hall–Kier alpha value is -3.77. The number of fused-ring (bicyclic) bond motifs is 2. The molecule has 0 bridgehead atoms. The van der Waals surface area contributed by atoms with Crippen LogP contribution >= 0.6 is 0 Å². The van der Waals surface area contributed by atoms with E-state index in [1.54, 1.807) is 54.2 Å². The van der Waals surface area contributed by atoms with Gasteiger partial charge in [-0.05, 0) is 31.2 Å². The van der Waals surface area contributed by atoms with Crippen molar-refractivity contribution in [1.29, 1.82) is 0 Å². The van der Waals surface area contributed by atoms with Gasteiger partial charge in [-0.15, -0.1) is 0 Å². The highest BCUT2D eigenvalue weighted by atomic mass is 16.7. The Kier molecular flexibility index (Phi) is 7.89. The van der Waals surface area contributed by atoms with E-state index in [-0.39, 0.29) is 55.0 Å². The minimum atomic E-state index is -0.455. The van der Waals surface area contributed by atoms with E-state index in [2.05, 4.69) is 16.8 Å². The zero-order valence-corrected chi connectivity index (χ0v) is 21.9. The zero-order valence-electron chi connectivity index (χ0n) is 21.9. The summed E-state index contributed by atoms with van der Waals surface area (Å²) in [6.45, 7) is 8.30. The minimum Gasteiger partial charge on any atom is -0.472 e. The number of ether oxygens (including phenoxy) is 3. The van der Waals surface area contributed by atoms with Crippen molar-refractivity contribution in [2.24, 2.45) is 11.8 Å². The molecule has 0 radical (unpaired) electrons. The molecule has 37 heavy (non-hydrogen) atoms. The molecule has 196 valence electrons. The van der Waals surface area contributed by atoms with E-state index in [0.29, 0.717) is 29.2 Å². The van der Waals surface area contributed by atoms with Crippen LogP contribution in [0.5, 0.6) is 17.4 Å². The number of hydrogen-bond acceptors (Lipinski definition) is 7. The van der Waals surface area contributed by atoms with Crippen molar-refractivity contribution in [3.63, 3.8) is 0 Å². The summed E-state index contributed by atoms with van der Waals surface area (Å²) in [5, 5.41) is 9.84. The molecule has 3 atom stereocenters. The molecule has 1 aromatic heterocycles. The fourth-order valence-corrected chi connectivity index (χ4v) is 4.22. The molecule has 1 N–H and O–H groups in total. The molecule has 9 nitrogen and oxygen atoms in total. The Bertz CT molecular complexity index is 1230. The molecule has 0 unspecified atom stereocenters. The zero-order chi connectivity index (χ0) is 26.7. The molecule has 0 aliphatic carbocycles. The Morgan fingerprint density at radius 1 is 1.24 bits per heavy atom. The number of likely N-dealkylation sites (N-methyl/N-ethyl adjacent to an activating group) is 1. The summed E-state index contributed by atoms with van der Waals surface area (Å²) in [7, 11) is 1.71. The monoisotopic (exact) mass is 507 g/mol. The lowest BCUT2D eigenvalue weighted by molar-refractivity contribution is 0.0313. The molecule has 0 saturated carbocycles. The van der Waals surface area contributed by atoms with Crippen LogP contribution in [0.15, 0.2) is 30.5 Å². The number of hydrogen-bond donors (Lipinski definition) is 1. The largest absolute Gasteiger partial charge is 0.472 e. The van der Waals surface area contributed by atoms with Gasteiger partial charge in [-0.25, -0.2) is 4.98 Å². The first-order valence-electron chi connectivity index (χ1n) is 12.4. The third-order valence-corrected chi connectivity index (χ3v) is 6.45. The third kappa shape index (κ3) is 5.81. The molecule has 4 rings (SSSR count). The van der Waals surface area contributed by atoms with Crippen LogP contribution in [-0.2, 0) is 0 Å². The van der Waals surface area contributed by atoms with Crippen molar-refractivity contribution < 1.29 is 28.9 Å². The molecule has 2 amide bonds. The van der Waals surface area contributed by atoms with Gasteiger partial charge in [0.05, 0.1) is 19.2 Å². The summed E-state index contributed by atoms with van der Waals surface area (Å²) >= 11 is 0. The molecular weight excluding hydrogens is 474 g/mol. The number of rotatable bonds is 5. The number of pyridine rings is 1. The maximum absolute atomic E-state index is 13.5. The summed E-state index contributed by atoms with van der Waals surface area (Å²) in [6.07, 6.45) is 1.13. The van der Waals surface area contributed by atoms with Crippen molar-refractivity contribution in [3.8, 4) is 29.2 Å². The number of aliphatic hydroxyl groups is 1. The molecule has 0 saturated heterocycles. The van der Waals surface area contributed by atoms with Crippen molar-refractivity contribution in [1.82, 2.24) is 14.8 Å². The quantitative estimate of drug-likeness (QED) is 0.621. The topological polar surface area (TPSA) is 101 Å². The highest BCUT2D eigenvalue weighted by molar-refractivity contribution is 5.97. The lowest BCUT2D eigenvalue weighted by Gasteiger charge is -2.37. The van der Waals surface area contributed by atoms with E-state index >= 15 is 0 Å². The van der Waals surface area contributed by atoms with Crippen LogP contribution in [0.25, 0.3) is 0 Å². The molecule has 2 aliphatic rings. The fourth-order valence-electron chi connectivity index (χ4n) is 4.22. The predicted molar refractivity (Wildman–Crippen MR) is 137 cm³/mol. The number of amides is 2. The standard InChI is InChI=1S/C28H33N3O6/c1-17(2)6-7-20-10-22-26(29-12-20)37-25(18(3)13-31(28(22)34)19(4)15-32)14-30(5)27(33)21-8-9-23-24(11-21)36-16-35-23/h8-12,17-19,25,32H,13-16H2,1-5H3/t18-,19-,25+/m0/s1. The molecule has 2 aromatic rings. The van der Waals surface area contributed by atoms with Crippen LogP contribution in [0.1, 0.15) is 54.0 Å². The maximum atomic E-state index is 13.5. The summed E-state index contributed by atoms with van der Waals surface area (Å²) in [5.41, 5.74) is 1.38. The van der Waals surface area contributed by atoms with Crippen molar-refractivity contribution in [3.05, 3.63) is 47.2 Å². The SMILES string of the molecule is CC(C)C#Cc1cnc2c(c1)C(=O)N([C@@H](C)CO)C[C@H](C)[C@@H](CN(C)C(=O)c1ccc3c(c1)OCO3)O2. The van der Waals surface area contributed by atoms with Crippen LogP contribution in [0.2, 0.25) is 0 Å². The molecular formula is C28H33N3O6. The normalized spacial score (nSPS) is 19.2. The summed E-state index contributed by atoms with van der Waals surface area (Å²) < 4.78 is 17.0. The predicted octanol–water partition coefficient (Wildman–Crippen LogP) is 2.81. The average Bonchev–Trinajstić information content (AvgIpc) is 3.36. The average molecular weight is 508 g/mol. The second kappa shape index (κ2) is 11.1. The van der Waals surface area contributed by atoms with Gasteiger partial charge in [0.1, 0.15) is 11.7 Å². The smallest absolute Gasteiger partial charge is 0.259 e. The van der Waals surface area contributed by atoms with Gasteiger partial charge in [-0.2, -0.15) is 0 Å². The van der Waals surface area contributed by atoms with Gasteiger partial charge in [0.2, 0.25) is 12.7 Å². The van der Waals surface area contributed by atoms with Crippen LogP contribution in [0.4, 0.5) is 0 Å². The highest BCUT2D eigenvalue weighted by Crippen LogP contribution is 2.33. The first kappa shape index (κ1) is 26.3. The summed E-state index contributed by atoms with van der Waals surface area (Å²) in [5.74, 6) is 7.03. The second-order valence-electron chi connectivity index (χ2n) is 9.88. The van der Waals surface area contributed by atoms with Gasteiger partial charge in [0.25, 0.3) is 11.8 Å². The van der Waals surface area contributed by atoms with Gasteiger partial charge < -0.3 is 29.1 Å². The molecule has 9 heteroatoms. The number of carbonyl (C=O) groups is 2. The molecule has 3 heterocycles. The van der Waals surface area contributed by atoms with Crippen molar-refractivity contribution in [2.45, 2.75) is 39.8 Å². The van der Waals surface area contributed by atoms with E-state index in [4.69, 9.17) is 14.2 Å². The van der Waals surface area contributed by atoms with Crippen molar-refractivity contribution in [2.75, 3.05) is 33.5 Å². The lowest BCUT2D eigenvalue weighted by atomic mass is 9.99. The number of carbonyl (C=O) groups excluding carboxylic acids is 2. The molecule has 0 spiro atoms. The van der Waals surface area contributed by atoms with E-state index in [1.807, 2.05) is 20.8 Å². The Morgan fingerprint density at radius 2 is 2.00 bits per heavy atom. The van der Waals surface area contributed by atoms with E-state index < -0.39 is 12.1 Å². The van der Waals surface area contributed by atoms with Gasteiger partial charge in [0, 0.05) is 42.8 Å². The van der Waals surface area contributed by atoms with Gasteiger partial charge in [-0.1, -0.05) is 32.6 Å². The first-order valence-corrected chi connectivity index (χ1v) is 12.4. The molecule has 2 aliphatic heterocycles. The number of aromatic nitrogens is 1. The van der Waals surface area contributed by atoms with E-state index in [9.17, 15) is 14.7 Å². The van der Waals surface area contributed by atoms with Crippen LogP contribution in [0.3, 0.4) is 0 Å². The van der Waals surface area contributed by atoms with Gasteiger partial charge in [0.15, 0.2) is 11.5 Å². The molecule has 1 aromatic carbocycles. The summed E-state index contributed by atoms with van der Waals surface area (Å²) in [4.78, 5) is 34.4. The van der Waals surface area contributed by atoms with E-state index in [1.165, 1.54) is 0 Å².